The molecular formula is C30H42N4O8S. The molecule has 12 nitrogen and oxygen atoms in total. The first-order chi connectivity index (χ1) is 20.3. The highest BCUT2D eigenvalue weighted by Crippen LogP contribution is 2.46. The zero-order chi connectivity index (χ0) is 31.4. The van der Waals surface area contributed by atoms with Gasteiger partial charge < -0.3 is 25.0 Å². The van der Waals surface area contributed by atoms with Crippen LogP contribution in [0, 0.1) is 5.92 Å². The highest BCUT2D eigenvalue weighted by molar-refractivity contribution is 7.90. The van der Waals surface area contributed by atoms with E-state index in [2.05, 4.69) is 15.4 Å². The molecule has 1 aromatic carbocycles. The summed E-state index contributed by atoms with van der Waals surface area (Å²) in [7, 11) is -2.99. The van der Waals surface area contributed by atoms with Crippen LogP contribution in [0.5, 0.6) is 5.75 Å². The number of methoxy groups -OCH3 is 1. The summed E-state index contributed by atoms with van der Waals surface area (Å²) < 4.78 is 39.3. The molecule has 1 aliphatic carbocycles. The maximum absolute atomic E-state index is 13.7. The van der Waals surface area contributed by atoms with Gasteiger partial charge >= 0.3 is 6.09 Å². The van der Waals surface area contributed by atoms with Gasteiger partial charge in [-0.3, -0.25) is 14.4 Å². The Morgan fingerprint density at radius 2 is 1.81 bits per heavy atom. The summed E-state index contributed by atoms with van der Waals surface area (Å²) in [4.78, 5) is 54.8. The molecule has 0 radical (unpaired) electrons. The summed E-state index contributed by atoms with van der Waals surface area (Å²) in [5.41, 5.74) is -2.06. The van der Waals surface area contributed by atoms with E-state index in [1.54, 1.807) is 26.8 Å². The molecule has 4 amide bonds. The van der Waals surface area contributed by atoms with Crippen LogP contribution in [-0.2, 0) is 29.1 Å². The molecule has 3 aliphatic rings. The van der Waals surface area contributed by atoms with Crippen molar-refractivity contribution in [2.75, 3.05) is 13.7 Å². The average Bonchev–Trinajstić information content (AvgIpc) is 3.39. The second kappa shape index (κ2) is 12.9. The minimum absolute atomic E-state index is 0.0757. The topological polar surface area (TPSA) is 160 Å². The molecule has 4 rings (SSSR count). The molecule has 13 heteroatoms. The van der Waals surface area contributed by atoms with Crippen molar-refractivity contribution in [1.29, 1.82) is 0 Å². The van der Waals surface area contributed by atoms with Gasteiger partial charge in [-0.2, -0.15) is 0 Å². The molecule has 0 unspecified atom stereocenters. The van der Waals surface area contributed by atoms with Crippen molar-refractivity contribution in [1.82, 2.24) is 20.3 Å². The maximum Gasteiger partial charge on any atom is 0.408 e. The van der Waals surface area contributed by atoms with Crippen molar-refractivity contribution >= 4 is 33.8 Å². The van der Waals surface area contributed by atoms with Crippen molar-refractivity contribution < 1.29 is 37.1 Å². The minimum Gasteiger partial charge on any atom is -0.495 e. The van der Waals surface area contributed by atoms with Gasteiger partial charge in [-0.1, -0.05) is 30.7 Å². The van der Waals surface area contributed by atoms with Gasteiger partial charge in [-0.05, 0) is 77.8 Å². The van der Waals surface area contributed by atoms with E-state index in [1.807, 2.05) is 12.2 Å². The summed E-state index contributed by atoms with van der Waals surface area (Å²) in [5.74, 6) is -2.22. The smallest absolute Gasteiger partial charge is 0.408 e. The third-order valence-electron chi connectivity index (χ3n) is 7.90. The Morgan fingerprint density at radius 3 is 2.53 bits per heavy atom. The lowest BCUT2D eigenvalue weighted by Crippen LogP contribution is -2.57. The Hall–Kier alpha value is -3.61. The van der Waals surface area contributed by atoms with Crippen LogP contribution in [-0.4, -0.2) is 74.0 Å². The molecule has 2 heterocycles. The molecule has 1 aromatic rings. The third kappa shape index (κ3) is 7.67. The fourth-order valence-electron chi connectivity index (χ4n) is 5.61. The molecule has 1 saturated heterocycles. The third-order valence-corrected chi connectivity index (χ3v) is 9.27. The number of ether oxygens (including phenoxy) is 2. The predicted molar refractivity (Wildman–Crippen MR) is 157 cm³/mol. The lowest BCUT2D eigenvalue weighted by Gasteiger charge is -2.30. The summed E-state index contributed by atoms with van der Waals surface area (Å²) >= 11 is 0. The highest BCUT2D eigenvalue weighted by Gasteiger charge is 2.61. The fraction of sp³-hybridized carbons (Fsp3) is 0.600. The summed E-state index contributed by atoms with van der Waals surface area (Å²) in [5, 5.41) is 5.52. The number of alkyl carbamates (subject to hydrolysis) is 1. The number of nitrogens with one attached hydrogen (secondary N) is 3. The first-order valence-electron chi connectivity index (χ1n) is 14.8. The summed E-state index contributed by atoms with van der Waals surface area (Å²) in [6.45, 7) is 5.71. The van der Waals surface area contributed by atoms with Gasteiger partial charge in [0.25, 0.3) is 21.8 Å². The Bertz CT molecular complexity index is 1370. The Kier molecular flexibility index (Phi) is 9.73. The zero-order valence-electron chi connectivity index (χ0n) is 25.2. The van der Waals surface area contributed by atoms with Gasteiger partial charge in [-0.25, -0.2) is 17.9 Å². The lowest BCUT2D eigenvalue weighted by molar-refractivity contribution is -0.146. The maximum atomic E-state index is 13.7. The predicted octanol–water partition coefficient (Wildman–Crippen LogP) is 2.78. The Morgan fingerprint density at radius 1 is 1.07 bits per heavy atom. The molecule has 0 aromatic heterocycles. The van der Waals surface area contributed by atoms with Gasteiger partial charge in [0.2, 0.25) is 5.91 Å². The number of rotatable bonds is 5. The van der Waals surface area contributed by atoms with Crippen molar-refractivity contribution in [3.8, 4) is 5.75 Å². The molecule has 0 spiro atoms. The number of amides is 4. The molecule has 3 N–H and O–H groups in total. The van der Waals surface area contributed by atoms with E-state index in [0.29, 0.717) is 38.6 Å². The van der Waals surface area contributed by atoms with Gasteiger partial charge in [-0.15, -0.1) is 0 Å². The minimum atomic E-state index is -4.32. The monoisotopic (exact) mass is 618 g/mol. The number of nitrogens with zero attached hydrogens (tertiary/aromatic N) is 1. The molecule has 43 heavy (non-hydrogen) atoms. The summed E-state index contributed by atoms with van der Waals surface area (Å²) in [6.07, 6.45) is 6.37. The average molecular weight is 619 g/mol. The highest BCUT2D eigenvalue weighted by atomic mass is 32.2. The van der Waals surface area contributed by atoms with Crippen molar-refractivity contribution in [2.24, 2.45) is 5.92 Å². The second-order valence-corrected chi connectivity index (χ2v) is 14.0. The zero-order valence-corrected chi connectivity index (χ0v) is 26.0. The van der Waals surface area contributed by atoms with Gasteiger partial charge in [0.15, 0.2) is 6.10 Å². The van der Waals surface area contributed by atoms with Crippen LogP contribution in [0.15, 0.2) is 41.3 Å². The fourth-order valence-corrected chi connectivity index (χ4v) is 6.82. The van der Waals surface area contributed by atoms with Crippen LogP contribution in [0.25, 0.3) is 0 Å². The molecule has 236 valence electrons. The van der Waals surface area contributed by atoms with Crippen molar-refractivity contribution in [2.45, 2.75) is 100 Å². The van der Waals surface area contributed by atoms with E-state index in [9.17, 15) is 27.6 Å². The molecule has 2 aliphatic heterocycles. The van der Waals surface area contributed by atoms with Crippen LogP contribution < -0.4 is 20.1 Å². The van der Waals surface area contributed by atoms with Crippen LogP contribution in [0.3, 0.4) is 0 Å². The van der Waals surface area contributed by atoms with Crippen LogP contribution >= 0.6 is 0 Å². The van der Waals surface area contributed by atoms with E-state index in [4.69, 9.17) is 9.47 Å². The van der Waals surface area contributed by atoms with Gasteiger partial charge in [0, 0.05) is 18.0 Å². The number of sulfonamides is 1. The van der Waals surface area contributed by atoms with E-state index in [-0.39, 0.29) is 17.1 Å². The SMILES string of the molecule is COc1ccccc1S(=O)(=O)NC(=O)[C@@]12C[C@H]1C=CCCCCC[C@H](OC(=O)NC(C)(C)C)C(=O)N1CCC[C@H]1C(=O)N2. The van der Waals surface area contributed by atoms with Crippen LogP contribution in [0.4, 0.5) is 4.79 Å². The second-order valence-electron chi connectivity index (χ2n) is 12.4. The van der Waals surface area contributed by atoms with E-state index < -0.39 is 63.0 Å². The molecule has 2 fully saturated rings. The lowest BCUT2D eigenvalue weighted by atomic mass is 10.1. The first-order valence-corrected chi connectivity index (χ1v) is 16.2. The molecule has 0 bridgehead atoms. The molecular weight excluding hydrogens is 576 g/mol. The molecule has 1 saturated carbocycles. The Labute approximate surface area is 253 Å². The normalized spacial score (nSPS) is 26.6. The summed E-state index contributed by atoms with van der Waals surface area (Å²) in [6, 6.07) is 5.04. The standard InChI is InChI=1S/C30H42N4O8S/c1-29(2,3)32-28(38)42-23-16-9-7-5-6-8-13-20-19-30(20,31-25(35)21-14-12-18-34(21)26(23)36)27(37)33-43(39,40)24-17-11-10-15-22(24)41-4/h8,10-11,13,15,17,20-21,23H,5-7,9,12,14,16,18-19H2,1-4H3,(H,31,35)(H,32,38)(H,33,37)/t20-,21+,23+,30-/m1/s1. The number of hydrogen-bond donors (Lipinski definition) is 3. The number of hydrogen-bond acceptors (Lipinski definition) is 8. The van der Waals surface area contributed by atoms with Gasteiger partial charge in [0.1, 0.15) is 22.2 Å². The number of carbonyl (C=O) groups is 4. The first kappa shape index (κ1) is 32.3. The molecule has 4 atom stereocenters. The van der Waals surface area contributed by atoms with E-state index in [0.717, 1.165) is 12.8 Å². The van der Waals surface area contributed by atoms with Gasteiger partial charge in [0.05, 0.1) is 7.11 Å². The number of para-hydroxylation sites is 1. The number of fused-ring (bicyclic) bond motifs is 2. The quantitative estimate of drug-likeness (QED) is 0.425. The number of allylic oxidation sites excluding steroid dienone is 1. The van der Waals surface area contributed by atoms with E-state index >= 15 is 0 Å². The van der Waals surface area contributed by atoms with Crippen LogP contribution in [0.2, 0.25) is 0 Å². The van der Waals surface area contributed by atoms with Crippen molar-refractivity contribution in [3.63, 3.8) is 0 Å². The van der Waals surface area contributed by atoms with E-state index in [1.165, 1.54) is 30.2 Å². The Balaban J connectivity index is 1.57. The largest absolute Gasteiger partial charge is 0.495 e. The number of carbonyl (C=O) groups excluding carboxylic acids is 4. The van der Waals surface area contributed by atoms with Crippen LogP contribution in [0.1, 0.15) is 72.1 Å². The number of benzene rings is 1. The van der Waals surface area contributed by atoms with Crippen molar-refractivity contribution in [3.05, 3.63) is 36.4 Å².